The number of halogens is 1. The minimum atomic E-state index is -0.792. The van der Waals surface area contributed by atoms with E-state index in [-0.39, 0.29) is 17.9 Å². The lowest BCUT2D eigenvalue weighted by Gasteiger charge is -2.24. The summed E-state index contributed by atoms with van der Waals surface area (Å²) in [5.41, 5.74) is 2.67. The zero-order valence-corrected chi connectivity index (χ0v) is 18.6. The van der Waals surface area contributed by atoms with Crippen LogP contribution in [0.15, 0.2) is 64.8 Å². The molecule has 1 saturated heterocycles. The number of furan rings is 1. The van der Waals surface area contributed by atoms with Gasteiger partial charge >= 0.3 is 0 Å². The first-order chi connectivity index (χ1) is 15.3. The van der Waals surface area contributed by atoms with Crippen molar-refractivity contribution in [2.45, 2.75) is 26.4 Å². The quantitative estimate of drug-likeness (QED) is 0.328. The fraction of sp³-hybridized carbons (Fsp3) is 0.200. The molecule has 164 valence electrons. The number of aryl methyl sites for hydroxylation is 2. The van der Waals surface area contributed by atoms with Gasteiger partial charge in [-0.3, -0.25) is 9.59 Å². The number of rotatable bonds is 5. The largest absolute Gasteiger partial charge is 0.507 e. The van der Waals surface area contributed by atoms with Gasteiger partial charge in [0, 0.05) is 10.6 Å². The molecule has 4 rings (SSSR count). The van der Waals surface area contributed by atoms with Crippen molar-refractivity contribution in [2.75, 3.05) is 7.11 Å². The molecule has 1 N–H and O–H groups in total. The average molecular weight is 452 g/mol. The summed E-state index contributed by atoms with van der Waals surface area (Å²) in [5.74, 6) is -0.477. The van der Waals surface area contributed by atoms with E-state index < -0.39 is 17.7 Å². The van der Waals surface area contributed by atoms with Crippen molar-refractivity contribution in [3.05, 3.63) is 93.4 Å². The highest BCUT2D eigenvalue weighted by atomic mass is 35.5. The Hall–Kier alpha value is -3.51. The SMILES string of the molecule is COc1cc(C)c(/C(O)=C2\C(=O)C(=O)N(Cc3ccco3)C2c2ccc(Cl)cc2)cc1C. The molecule has 0 aliphatic carbocycles. The monoisotopic (exact) mass is 451 g/mol. The number of aliphatic hydroxyl groups is 1. The predicted octanol–water partition coefficient (Wildman–Crippen LogP) is 5.18. The van der Waals surface area contributed by atoms with Gasteiger partial charge < -0.3 is 19.2 Å². The zero-order chi connectivity index (χ0) is 23.0. The minimum absolute atomic E-state index is 0.0246. The molecule has 1 fully saturated rings. The smallest absolute Gasteiger partial charge is 0.296 e. The van der Waals surface area contributed by atoms with Crippen LogP contribution in [0, 0.1) is 13.8 Å². The van der Waals surface area contributed by atoms with Crippen molar-refractivity contribution in [3.8, 4) is 5.75 Å². The van der Waals surface area contributed by atoms with E-state index in [0.29, 0.717) is 27.7 Å². The summed E-state index contributed by atoms with van der Waals surface area (Å²) >= 11 is 6.05. The molecule has 0 saturated carbocycles. The van der Waals surface area contributed by atoms with Gasteiger partial charge in [0.1, 0.15) is 17.3 Å². The van der Waals surface area contributed by atoms with Crippen molar-refractivity contribution in [3.63, 3.8) is 0 Å². The summed E-state index contributed by atoms with van der Waals surface area (Å²) in [7, 11) is 1.57. The van der Waals surface area contributed by atoms with Crippen LogP contribution >= 0.6 is 11.6 Å². The van der Waals surface area contributed by atoms with Crippen LogP contribution in [0.25, 0.3) is 5.76 Å². The van der Waals surface area contributed by atoms with Crippen molar-refractivity contribution in [1.29, 1.82) is 0 Å². The van der Waals surface area contributed by atoms with Gasteiger partial charge in [0.15, 0.2) is 0 Å². The number of Topliss-reactive ketones (excluding diaryl/α,β-unsaturated/α-hetero) is 1. The second kappa shape index (κ2) is 8.55. The minimum Gasteiger partial charge on any atom is -0.507 e. The van der Waals surface area contributed by atoms with E-state index in [1.54, 1.807) is 55.6 Å². The van der Waals surface area contributed by atoms with Gasteiger partial charge in [0.2, 0.25) is 0 Å². The molecule has 1 aliphatic rings. The standard InChI is InChI=1S/C25H22ClNO5/c1-14-12-20(31-3)15(2)11-19(14)23(28)21-22(16-6-8-17(26)9-7-16)27(25(30)24(21)29)13-18-5-4-10-32-18/h4-12,22,28H,13H2,1-3H3/b23-21+. The predicted molar refractivity (Wildman–Crippen MR) is 120 cm³/mol. The highest BCUT2D eigenvalue weighted by molar-refractivity contribution is 6.46. The lowest BCUT2D eigenvalue weighted by Crippen LogP contribution is -2.29. The van der Waals surface area contributed by atoms with Crippen LogP contribution in [0.5, 0.6) is 5.75 Å². The van der Waals surface area contributed by atoms with E-state index >= 15 is 0 Å². The second-order valence-electron chi connectivity index (χ2n) is 7.69. The average Bonchev–Trinajstić information content (AvgIpc) is 3.37. The number of benzene rings is 2. The molecule has 2 aromatic carbocycles. The van der Waals surface area contributed by atoms with E-state index in [2.05, 4.69) is 0 Å². The maximum atomic E-state index is 13.1. The van der Waals surface area contributed by atoms with Gasteiger partial charge in [0.25, 0.3) is 11.7 Å². The number of nitrogens with zero attached hydrogens (tertiary/aromatic N) is 1. The molecule has 0 spiro atoms. The molecule has 3 aromatic rings. The number of likely N-dealkylation sites (tertiary alicyclic amines) is 1. The lowest BCUT2D eigenvalue weighted by molar-refractivity contribution is -0.140. The third-order valence-corrected chi connectivity index (χ3v) is 5.88. The fourth-order valence-corrected chi connectivity index (χ4v) is 4.14. The van der Waals surface area contributed by atoms with Crippen molar-refractivity contribution in [2.24, 2.45) is 0 Å². The third-order valence-electron chi connectivity index (χ3n) is 5.63. The molecule has 1 amide bonds. The molecule has 1 aliphatic heterocycles. The van der Waals surface area contributed by atoms with Gasteiger partial charge in [-0.05, 0) is 66.9 Å². The van der Waals surface area contributed by atoms with Crippen LogP contribution < -0.4 is 4.74 Å². The van der Waals surface area contributed by atoms with Crippen LogP contribution in [0.4, 0.5) is 0 Å². The molecule has 1 unspecified atom stereocenters. The first kappa shape index (κ1) is 21.7. The van der Waals surface area contributed by atoms with Gasteiger partial charge in [-0.25, -0.2) is 0 Å². The van der Waals surface area contributed by atoms with Crippen molar-refractivity contribution in [1.82, 2.24) is 4.90 Å². The van der Waals surface area contributed by atoms with Crippen LogP contribution in [-0.2, 0) is 16.1 Å². The first-order valence-electron chi connectivity index (χ1n) is 10.0. The van der Waals surface area contributed by atoms with E-state index in [4.69, 9.17) is 20.8 Å². The Morgan fingerprint density at radius 2 is 1.84 bits per heavy atom. The molecule has 32 heavy (non-hydrogen) atoms. The number of carbonyl (C=O) groups excluding carboxylic acids is 2. The Kier molecular flexibility index (Phi) is 5.80. The molecule has 1 aromatic heterocycles. The Bertz CT molecular complexity index is 1210. The lowest BCUT2D eigenvalue weighted by atomic mass is 9.93. The van der Waals surface area contributed by atoms with Gasteiger partial charge in [-0.1, -0.05) is 23.7 Å². The highest BCUT2D eigenvalue weighted by Crippen LogP contribution is 2.41. The number of aliphatic hydroxyl groups excluding tert-OH is 1. The molecular formula is C25H22ClNO5. The third kappa shape index (κ3) is 3.78. The van der Waals surface area contributed by atoms with Crippen LogP contribution in [0.1, 0.15) is 34.1 Å². The normalized spacial score (nSPS) is 17.8. The molecule has 2 heterocycles. The maximum Gasteiger partial charge on any atom is 0.296 e. The first-order valence-corrected chi connectivity index (χ1v) is 10.4. The Labute approximate surface area is 190 Å². The summed E-state index contributed by atoms with van der Waals surface area (Å²) < 4.78 is 10.8. The summed E-state index contributed by atoms with van der Waals surface area (Å²) in [6, 6.07) is 13.1. The van der Waals surface area contributed by atoms with Gasteiger partial charge in [-0.2, -0.15) is 0 Å². The van der Waals surface area contributed by atoms with E-state index in [1.165, 1.54) is 11.2 Å². The summed E-state index contributed by atoms with van der Waals surface area (Å²) in [5, 5.41) is 11.8. The number of methoxy groups -OCH3 is 1. The Morgan fingerprint density at radius 1 is 1.12 bits per heavy atom. The maximum absolute atomic E-state index is 13.1. The van der Waals surface area contributed by atoms with Crippen LogP contribution in [0.3, 0.4) is 0 Å². The summed E-state index contributed by atoms with van der Waals surface area (Å²) in [6.07, 6.45) is 1.51. The molecule has 0 radical (unpaired) electrons. The number of ketones is 1. The summed E-state index contributed by atoms with van der Waals surface area (Å²) in [6.45, 7) is 3.75. The van der Waals surface area contributed by atoms with E-state index in [1.807, 2.05) is 13.8 Å². The van der Waals surface area contributed by atoms with Crippen LogP contribution in [-0.4, -0.2) is 28.8 Å². The fourth-order valence-electron chi connectivity index (χ4n) is 4.01. The highest BCUT2D eigenvalue weighted by Gasteiger charge is 2.46. The summed E-state index contributed by atoms with van der Waals surface area (Å²) in [4.78, 5) is 27.6. The molecule has 6 nitrogen and oxygen atoms in total. The number of ether oxygens (including phenoxy) is 1. The topological polar surface area (TPSA) is 80.0 Å². The molecular weight excluding hydrogens is 430 g/mol. The molecule has 1 atom stereocenters. The van der Waals surface area contributed by atoms with Crippen LogP contribution in [0.2, 0.25) is 5.02 Å². The second-order valence-corrected chi connectivity index (χ2v) is 8.13. The molecule has 0 bridgehead atoms. The Morgan fingerprint density at radius 3 is 2.47 bits per heavy atom. The van der Waals surface area contributed by atoms with E-state index in [0.717, 1.165) is 11.1 Å². The van der Waals surface area contributed by atoms with Gasteiger partial charge in [0.05, 0.1) is 31.5 Å². The Balaban J connectivity index is 1.90. The van der Waals surface area contributed by atoms with Gasteiger partial charge in [-0.15, -0.1) is 0 Å². The van der Waals surface area contributed by atoms with Crippen molar-refractivity contribution < 1.29 is 23.8 Å². The number of carbonyl (C=O) groups is 2. The zero-order valence-electron chi connectivity index (χ0n) is 17.9. The number of amides is 1. The number of hydrogen-bond acceptors (Lipinski definition) is 5. The van der Waals surface area contributed by atoms with Crippen molar-refractivity contribution >= 4 is 29.1 Å². The molecule has 7 heteroatoms. The van der Waals surface area contributed by atoms with E-state index in [9.17, 15) is 14.7 Å². The number of hydrogen-bond donors (Lipinski definition) is 1.